The highest BCUT2D eigenvalue weighted by Crippen LogP contribution is 2.16. The van der Waals surface area contributed by atoms with E-state index in [1.165, 1.54) is 12.3 Å². The van der Waals surface area contributed by atoms with Crippen LogP contribution in [0.2, 0.25) is 0 Å². The van der Waals surface area contributed by atoms with E-state index in [-0.39, 0.29) is 24.2 Å². The van der Waals surface area contributed by atoms with Crippen LogP contribution >= 0.6 is 0 Å². The number of pyridine rings is 1. The lowest BCUT2D eigenvalue weighted by atomic mass is 10.1. The molecule has 0 radical (unpaired) electrons. The number of Topliss-reactive ketones (excluding diaryl/α,β-unsaturated/α-hetero) is 1. The standard InChI is InChI=1S/C19H20N2O4/c1-14-9-15(12-20-11-14)4-5-19(23)21-6-8-24-13-16(21)10-17(22)18-3-2-7-25-18/h2-5,7,9,11-12,16H,6,8,10,13H2,1H3. The summed E-state index contributed by atoms with van der Waals surface area (Å²) in [5, 5.41) is 0. The fourth-order valence-corrected chi connectivity index (χ4v) is 2.80. The molecular weight excluding hydrogens is 320 g/mol. The van der Waals surface area contributed by atoms with Crippen molar-refractivity contribution in [3.05, 3.63) is 59.8 Å². The molecule has 1 fully saturated rings. The number of rotatable bonds is 5. The molecular formula is C19H20N2O4. The fraction of sp³-hybridized carbons (Fsp3) is 0.316. The second-order valence-corrected chi connectivity index (χ2v) is 5.99. The smallest absolute Gasteiger partial charge is 0.246 e. The van der Waals surface area contributed by atoms with Crippen LogP contribution in [0.5, 0.6) is 0 Å². The summed E-state index contributed by atoms with van der Waals surface area (Å²) in [6, 6.07) is 4.96. The van der Waals surface area contributed by atoms with Crippen LogP contribution in [0.1, 0.15) is 28.1 Å². The van der Waals surface area contributed by atoms with E-state index in [9.17, 15) is 9.59 Å². The molecule has 2 aromatic heterocycles. The lowest BCUT2D eigenvalue weighted by Crippen LogP contribution is -2.49. The number of hydrogen-bond donors (Lipinski definition) is 0. The van der Waals surface area contributed by atoms with E-state index >= 15 is 0 Å². The summed E-state index contributed by atoms with van der Waals surface area (Å²) in [6.45, 7) is 3.23. The zero-order valence-corrected chi connectivity index (χ0v) is 14.1. The third-order valence-electron chi connectivity index (χ3n) is 4.04. The van der Waals surface area contributed by atoms with Gasteiger partial charge in [-0.05, 0) is 42.3 Å². The van der Waals surface area contributed by atoms with E-state index < -0.39 is 0 Å². The largest absolute Gasteiger partial charge is 0.461 e. The quantitative estimate of drug-likeness (QED) is 0.618. The topological polar surface area (TPSA) is 72.6 Å². The number of morpholine rings is 1. The Labute approximate surface area is 146 Å². The zero-order valence-electron chi connectivity index (χ0n) is 14.1. The minimum absolute atomic E-state index is 0.134. The van der Waals surface area contributed by atoms with Gasteiger partial charge in [0.25, 0.3) is 0 Å². The second-order valence-electron chi connectivity index (χ2n) is 5.99. The number of furan rings is 1. The number of carbonyl (C=O) groups excluding carboxylic acids is 2. The summed E-state index contributed by atoms with van der Waals surface area (Å²) >= 11 is 0. The van der Waals surface area contributed by atoms with E-state index in [0.29, 0.717) is 25.5 Å². The Balaban J connectivity index is 1.67. The van der Waals surface area contributed by atoms with Gasteiger partial charge in [0.2, 0.25) is 5.91 Å². The van der Waals surface area contributed by atoms with Crippen LogP contribution in [-0.4, -0.2) is 47.4 Å². The van der Waals surface area contributed by atoms with Gasteiger partial charge in [0.15, 0.2) is 11.5 Å². The number of ether oxygens (including phenoxy) is 1. The van der Waals surface area contributed by atoms with Crippen molar-refractivity contribution in [2.75, 3.05) is 19.8 Å². The molecule has 1 saturated heterocycles. The van der Waals surface area contributed by atoms with Gasteiger partial charge in [-0.3, -0.25) is 14.6 Å². The molecule has 0 bridgehead atoms. The molecule has 3 rings (SSSR count). The van der Waals surface area contributed by atoms with Crippen molar-refractivity contribution in [2.24, 2.45) is 0 Å². The predicted octanol–water partition coefficient (Wildman–Crippen LogP) is 2.50. The van der Waals surface area contributed by atoms with Crippen molar-refractivity contribution in [1.82, 2.24) is 9.88 Å². The molecule has 25 heavy (non-hydrogen) atoms. The molecule has 0 N–H and O–H groups in total. The maximum Gasteiger partial charge on any atom is 0.246 e. The van der Waals surface area contributed by atoms with Gasteiger partial charge in [0.1, 0.15) is 0 Å². The minimum atomic E-state index is -0.292. The van der Waals surface area contributed by atoms with Crippen molar-refractivity contribution in [1.29, 1.82) is 0 Å². The Morgan fingerprint density at radius 3 is 3.04 bits per heavy atom. The summed E-state index contributed by atoms with van der Waals surface area (Å²) in [5.74, 6) is 0.0339. The molecule has 0 aliphatic carbocycles. The molecule has 2 aromatic rings. The molecule has 6 heteroatoms. The molecule has 1 atom stereocenters. The Kier molecular flexibility index (Phi) is 5.40. The molecule has 0 aromatic carbocycles. The molecule has 130 valence electrons. The van der Waals surface area contributed by atoms with Crippen LogP contribution < -0.4 is 0 Å². The van der Waals surface area contributed by atoms with Crippen LogP contribution in [0.15, 0.2) is 47.3 Å². The third-order valence-corrected chi connectivity index (χ3v) is 4.04. The molecule has 0 saturated carbocycles. The van der Waals surface area contributed by atoms with Gasteiger partial charge in [-0.25, -0.2) is 0 Å². The lowest BCUT2D eigenvalue weighted by Gasteiger charge is -2.34. The van der Waals surface area contributed by atoms with Gasteiger partial charge in [-0.1, -0.05) is 0 Å². The molecule has 1 unspecified atom stereocenters. The van der Waals surface area contributed by atoms with Gasteiger partial charge < -0.3 is 14.1 Å². The SMILES string of the molecule is Cc1cncc(C=CC(=O)N2CCOCC2CC(=O)c2ccco2)c1. The van der Waals surface area contributed by atoms with Gasteiger partial charge in [-0.15, -0.1) is 0 Å². The van der Waals surface area contributed by atoms with Crippen molar-refractivity contribution in [2.45, 2.75) is 19.4 Å². The van der Waals surface area contributed by atoms with Gasteiger partial charge in [-0.2, -0.15) is 0 Å². The number of aryl methyl sites for hydroxylation is 1. The molecule has 1 aliphatic rings. The van der Waals surface area contributed by atoms with Crippen molar-refractivity contribution in [3.8, 4) is 0 Å². The summed E-state index contributed by atoms with van der Waals surface area (Å²) in [7, 11) is 0. The van der Waals surface area contributed by atoms with Crippen LogP contribution in [-0.2, 0) is 9.53 Å². The van der Waals surface area contributed by atoms with E-state index in [1.54, 1.807) is 35.5 Å². The normalized spacial score (nSPS) is 17.8. The summed E-state index contributed by atoms with van der Waals surface area (Å²) in [5.41, 5.74) is 1.90. The predicted molar refractivity (Wildman–Crippen MR) is 92.0 cm³/mol. The van der Waals surface area contributed by atoms with Crippen LogP contribution in [0.4, 0.5) is 0 Å². The first-order chi connectivity index (χ1) is 12.1. The summed E-state index contributed by atoms with van der Waals surface area (Å²) < 4.78 is 10.6. The molecule has 6 nitrogen and oxygen atoms in total. The van der Waals surface area contributed by atoms with Crippen molar-refractivity contribution >= 4 is 17.8 Å². The van der Waals surface area contributed by atoms with E-state index in [2.05, 4.69) is 4.98 Å². The van der Waals surface area contributed by atoms with Crippen molar-refractivity contribution in [3.63, 3.8) is 0 Å². The second kappa shape index (κ2) is 7.90. The summed E-state index contributed by atoms with van der Waals surface area (Å²) in [4.78, 5) is 30.6. The average Bonchev–Trinajstić information content (AvgIpc) is 3.15. The minimum Gasteiger partial charge on any atom is -0.461 e. The first-order valence-electron chi connectivity index (χ1n) is 8.18. The van der Waals surface area contributed by atoms with Gasteiger partial charge in [0, 0.05) is 31.4 Å². The van der Waals surface area contributed by atoms with Crippen LogP contribution in [0.25, 0.3) is 6.08 Å². The zero-order chi connectivity index (χ0) is 17.6. The van der Waals surface area contributed by atoms with Gasteiger partial charge in [0.05, 0.1) is 25.5 Å². The van der Waals surface area contributed by atoms with Crippen LogP contribution in [0, 0.1) is 6.92 Å². The van der Waals surface area contributed by atoms with E-state index in [1.807, 2.05) is 13.0 Å². The fourth-order valence-electron chi connectivity index (χ4n) is 2.80. The number of hydrogen-bond acceptors (Lipinski definition) is 5. The number of carbonyl (C=O) groups is 2. The monoisotopic (exact) mass is 340 g/mol. The number of amides is 1. The van der Waals surface area contributed by atoms with E-state index in [4.69, 9.17) is 9.15 Å². The first-order valence-corrected chi connectivity index (χ1v) is 8.18. The molecule has 3 heterocycles. The van der Waals surface area contributed by atoms with E-state index in [0.717, 1.165) is 11.1 Å². The maximum atomic E-state index is 12.6. The highest BCUT2D eigenvalue weighted by Gasteiger charge is 2.29. The summed E-state index contributed by atoms with van der Waals surface area (Å²) in [6.07, 6.45) is 8.37. The Hall–Kier alpha value is -2.73. The Bertz CT molecular complexity index is 767. The van der Waals surface area contributed by atoms with Crippen molar-refractivity contribution < 1.29 is 18.7 Å². The van der Waals surface area contributed by atoms with Gasteiger partial charge >= 0.3 is 0 Å². The maximum absolute atomic E-state index is 12.6. The number of aromatic nitrogens is 1. The lowest BCUT2D eigenvalue weighted by molar-refractivity contribution is -0.134. The molecule has 0 spiro atoms. The third kappa shape index (κ3) is 4.42. The number of ketones is 1. The first kappa shape index (κ1) is 17.1. The molecule has 1 aliphatic heterocycles. The Morgan fingerprint density at radius 2 is 2.28 bits per heavy atom. The highest BCUT2D eigenvalue weighted by atomic mass is 16.5. The highest BCUT2D eigenvalue weighted by molar-refractivity contribution is 5.95. The average molecular weight is 340 g/mol. The van der Waals surface area contributed by atoms with Crippen LogP contribution in [0.3, 0.4) is 0 Å². The number of nitrogens with zero attached hydrogens (tertiary/aromatic N) is 2. The molecule has 1 amide bonds. The Morgan fingerprint density at radius 1 is 1.40 bits per heavy atom.